The molecule has 1 unspecified atom stereocenters. The fourth-order valence-corrected chi connectivity index (χ4v) is 2.23. The second-order valence-corrected chi connectivity index (χ2v) is 3.91. The Kier molecular flexibility index (Phi) is 2.73. The summed E-state index contributed by atoms with van der Waals surface area (Å²) in [6.07, 6.45) is 2.99. The van der Waals surface area contributed by atoms with Gasteiger partial charge in [-0.15, -0.1) is 0 Å². The minimum Gasteiger partial charge on any atom is -0.389 e. The summed E-state index contributed by atoms with van der Waals surface area (Å²) in [5, 5.41) is 9.52. The van der Waals surface area contributed by atoms with Crippen molar-refractivity contribution in [2.24, 2.45) is 5.92 Å². The minimum absolute atomic E-state index is 0.288. The monoisotopic (exact) mass is 166 g/mol. The van der Waals surface area contributed by atoms with Crippen LogP contribution < -0.4 is 0 Å². The Morgan fingerprint density at radius 1 is 1.50 bits per heavy atom. The van der Waals surface area contributed by atoms with Gasteiger partial charge in [-0.2, -0.15) is 0 Å². The molecule has 1 nitrogen and oxygen atoms in total. The number of aliphatic hydroxyl groups is 1. The molecular weight excluding hydrogens is 148 g/mol. The normalized spacial score (nSPS) is 27.1. The van der Waals surface area contributed by atoms with Crippen molar-refractivity contribution in [3.8, 4) is 0 Å². The molecule has 0 aromatic heterocycles. The van der Waals surface area contributed by atoms with E-state index in [2.05, 4.69) is 26.8 Å². The Morgan fingerprint density at radius 2 is 2.08 bits per heavy atom. The van der Waals surface area contributed by atoms with E-state index in [0.717, 1.165) is 6.42 Å². The van der Waals surface area contributed by atoms with Crippen molar-refractivity contribution in [3.63, 3.8) is 0 Å². The van der Waals surface area contributed by atoms with Crippen molar-refractivity contribution < 1.29 is 5.11 Å². The molecule has 0 saturated carbocycles. The molecule has 0 heterocycles. The van der Waals surface area contributed by atoms with Crippen molar-refractivity contribution in [1.29, 1.82) is 0 Å². The molecule has 0 fully saturated rings. The molecule has 0 aromatic carbocycles. The van der Waals surface area contributed by atoms with E-state index in [4.69, 9.17) is 0 Å². The van der Waals surface area contributed by atoms with E-state index in [0.29, 0.717) is 5.92 Å². The number of aliphatic hydroxyl groups excluding tert-OH is 1. The lowest BCUT2D eigenvalue weighted by atomic mass is 9.83. The summed E-state index contributed by atoms with van der Waals surface area (Å²) in [4.78, 5) is 0. The molecule has 12 heavy (non-hydrogen) atoms. The van der Waals surface area contributed by atoms with E-state index in [1.807, 2.05) is 6.92 Å². The SMILES string of the molecule is CC1=CC(C)=C([C@@H](C)O)C(C)C1. The highest BCUT2D eigenvalue weighted by atomic mass is 16.3. The molecule has 0 radical (unpaired) electrons. The zero-order valence-corrected chi connectivity index (χ0v) is 8.39. The highest BCUT2D eigenvalue weighted by Crippen LogP contribution is 2.30. The van der Waals surface area contributed by atoms with Gasteiger partial charge in [-0.25, -0.2) is 0 Å². The van der Waals surface area contributed by atoms with Gasteiger partial charge < -0.3 is 5.11 Å². The molecule has 1 heteroatoms. The second kappa shape index (κ2) is 3.44. The third-order valence-electron chi connectivity index (χ3n) is 2.53. The molecule has 1 aliphatic carbocycles. The van der Waals surface area contributed by atoms with E-state index >= 15 is 0 Å². The summed E-state index contributed by atoms with van der Waals surface area (Å²) in [5.41, 5.74) is 3.88. The molecule has 0 saturated heterocycles. The van der Waals surface area contributed by atoms with Crippen LogP contribution in [0.3, 0.4) is 0 Å². The lowest BCUT2D eigenvalue weighted by molar-refractivity contribution is 0.216. The van der Waals surface area contributed by atoms with Crippen LogP contribution in [-0.4, -0.2) is 11.2 Å². The molecule has 1 aliphatic rings. The van der Waals surface area contributed by atoms with Gasteiger partial charge in [0, 0.05) is 0 Å². The van der Waals surface area contributed by atoms with Crippen molar-refractivity contribution in [3.05, 3.63) is 22.8 Å². The first-order valence-corrected chi connectivity index (χ1v) is 4.58. The van der Waals surface area contributed by atoms with Gasteiger partial charge >= 0.3 is 0 Å². The standard InChI is InChI=1S/C11H18O/c1-7-5-8(2)11(10(4)12)9(3)6-7/h5,9-10,12H,6H2,1-4H3/t9?,10-/m1/s1. The quantitative estimate of drug-likeness (QED) is 0.635. The van der Waals surface area contributed by atoms with Crippen molar-refractivity contribution >= 4 is 0 Å². The van der Waals surface area contributed by atoms with Crippen LogP contribution >= 0.6 is 0 Å². The fraction of sp³-hybridized carbons (Fsp3) is 0.636. The number of rotatable bonds is 1. The summed E-state index contributed by atoms with van der Waals surface area (Å²) < 4.78 is 0. The van der Waals surface area contributed by atoms with Gasteiger partial charge in [0.2, 0.25) is 0 Å². The summed E-state index contributed by atoms with van der Waals surface area (Å²) in [6, 6.07) is 0. The first-order valence-electron chi connectivity index (χ1n) is 4.58. The van der Waals surface area contributed by atoms with Crippen LogP contribution in [0.15, 0.2) is 22.8 Å². The Labute approximate surface area is 74.8 Å². The zero-order valence-electron chi connectivity index (χ0n) is 8.39. The Hall–Kier alpha value is -0.560. The Balaban J connectivity index is 2.99. The van der Waals surface area contributed by atoms with Crippen LogP contribution in [0.5, 0.6) is 0 Å². The van der Waals surface area contributed by atoms with Gasteiger partial charge in [-0.1, -0.05) is 18.6 Å². The molecule has 0 bridgehead atoms. The zero-order chi connectivity index (χ0) is 9.30. The van der Waals surface area contributed by atoms with Crippen LogP contribution in [0.1, 0.15) is 34.1 Å². The number of hydrogen-bond acceptors (Lipinski definition) is 1. The predicted molar refractivity (Wildman–Crippen MR) is 51.9 cm³/mol. The summed E-state index contributed by atoms with van der Waals surface area (Å²) in [5.74, 6) is 0.509. The third-order valence-corrected chi connectivity index (χ3v) is 2.53. The van der Waals surface area contributed by atoms with Gasteiger partial charge in [-0.3, -0.25) is 0 Å². The largest absolute Gasteiger partial charge is 0.389 e. The van der Waals surface area contributed by atoms with E-state index in [1.165, 1.54) is 16.7 Å². The smallest absolute Gasteiger partial charge is 0.0730 e. The molecule has 1 rings (SSSR count). The molecule has 0 spiro atoms. The van der Waals surface area contributed by atoms with Crippen LogP contribution in [0.4, 0.5) is 0 Å². The van der Waals surface area contributed by atoms with E-state index in [9.17, 15) is 5.11 Å². The Morgan fingerprint density at radius 3 is 2.50 bits per heavy atom. The first kappa shape index (κ1) is 9.53. The topological polar surface area (TPSA) is 20.2 Å². The van der Waals surface area contributed by atoms with Crippen molar-refractivity contribution in [1.82, 2.24) is 0 Å². The van der Waals surface area contributed by atoms with Gasteiger partial charge in [-0.05, 0) is 44.3 Å². The predicted octanol–water partition coefficient (Wildman–Crippen LogP) is 2.67. The summed E-state index contributed by atoms with van der Waals surface area (Å²) >= 11 is 0. The van der Waals surface area contributed by atoms with Crippen LogP contribution in [0, 0.1) is 5.92 Å². The average Bonchev–Trinajstić information content (AvgIpc) is 1.82. The van der Waals surface area contributed by atoms with E-state index in [-0.39, 0.29) is 6.10 Å². The van der Waals surface area contributed by atoms with Crippen LogP contribution in [0.2, 0.25) is 0 Å². The minimum atomic E-state index is -0.288. The van der Waals surface area contributed by atoms with Gasteiger partial charge in [0.1, 0.15) is 0 Å². The van der Waals surface area contributed by atoms with Gasteiger partial charge in [0.15, 0.2) is 0 Å². The average molecular weight is 166 g/mol. The highest BCUT2D eigenvalue weighted by molar-refractivity contribution is 5.34. The van der Waals surface area contributed by atoms with E-state index < -0.39 is 0 Å². The molecule has 2 atom stereocenters. The molecule has 0 aromatic rings. The fourth-order valence-electron chi connectivity index (χ4n) is 2.23. The van der Waals surface area contributed by atoms with Gasteiger partial charge in [0.05, 0.1) is 6.10 Å². The lowest BCUT2D eigenvalue weighted by Gasteiger charge is -2.25. The van der Waals surface area contributed by atoms with E-state index in [1.54, 1.807) is 0 Å². The lowest BCUT2D eigenvalue weighted by Crippen LogP contribution is -2.17. The second-order valence-electron chi connectivity index (χ2n) is 3.91. The van der Waals surface area contributed by atoms with Crippen molar-refractivity contribution in [2.45, 2.75) is 40.2 Å². The maximum absolute atomic E-state index is 9.52. The number of allylic oxidation sites excluding steroid dienone is 3. The molecule has 68 valence electrons. The van der Waals surface area contributed by atoms with Crippen LogP contribution in [0.25, 0.3) is 0 Å². The molecule has 1 N–H and O–H groups in total. The maximum Gasteiger partial charge on any atom is 0.0730 e. The third kappa shape index (κ3) is 1.78. The Bertz CT molecular complexity index is 233. The first-order chi connectivity index (χ1) is 5.52. The highest BCUT2D eigenvalue weighted by Gasteiger charge is 2.19. The summed E-state index contributed by atoms with van der Waals surface area (Å²) in [7, 11) is 0. The molecule has 0 amide bonds. The van der Waals surface area contributed by atoms with Crippen molar-refractivity contribution in [2.75, 3.05) is 0 Å². The molecular formula is C11H18O. The van der Waals surface area contributed by atoms with Gasteiger partial charge in [0.25, 0.3) is 0 Å². The summed E-state index contributed by atoms with van der Waals surface area (Å²) in [6.45, 7) is 8.27. The van der Waals surface area contributed by atoms with Crippen LogP contribution in [-0.2, 0) is 0 Å². The maximum atomic E-state index is 9.52. The molecule has 0 aliphatic heterocycles. The number of hydrogen-bond donors (Lipinski definition) is 1.